The van der Waals surface area contributed by atoms with Crippen LogP contribution in [0.4, 0.5) is 5.82 Å². The van der Waals surface area contributed by atoms with Crippen molar-refractivity contribution >= 4 is 17.4 Å². The topological polar surface area (TPSA) is 88.8 Å². The third-order valence-electron chi connectivity index (χ3n) is 4.25. The summed E-state index contributed by atoms with van der Waals surface area (Å²) in [5, 5.41) is 12.3. The average Bonchev–Trinajstić information content (AvgIpc) is 3.13. The Bertz CT molecular complexity index is 1140. The molecule has 0 spiro atoms. The fourth-order valence-electron chi connectivity index (χ4n) is 2.81. The standard InChI is InChI=1S/C21H18N4O3/c1-14-4-3-11-25-12-16(23-20(14)25)13-28-17-8-6-15(7-9-17)21(27)24-19-18(26)5-2-10-22-19/h2-12,26H,13H2,1H3,(H,22,24,27). The lowest BCUT2D eigenvalue weighted by molar-refractivity contribution is 0.102. The molecule has 3 aromatic heterocycles. The van der Waals surface area contributed by atoms with Crippen LogP contribution in [0.3, 0.4) is 0 Å². The number of aryl methyl sites for hydroxylation is 1. The van der Waals surface area contributed by atoms with Gasteiger partial charge in [-0.05, 0) is 55.0 Å². The van der Waals surface area contributed by atoms with Crippen molar-refractivity contribution in [2.24, 2.45) is 0 Å². The number of imidazole rings is 1. The van der Waals surface area contributed by atoms with Gasteiger partial charge in [0.2, 0.25) is 0 Å². The molecule has 0 unspecified atom stereocenters. The number of anilines is 1. The van der Waals surface area contributed by atoms with E-state index in [9.17, 15) is 9.90 Å². The highest BCUT2D eigenvalue weighted by molar-refractivity contribution is 6.04. The van der Waals surface area contributed by atoms with Gasteiger partial charge in [-0.25, -0.2) is 9.97 Å². The summed E-state index contributed by atoms with van der Waals surface area (Å²) in [5.74, 6) is 0.302. The van der Waals surface area contributed by atoms with E-state index < -0.39 is 0 Å². The molecule has 140 valence electrons. The maximum Gasteiger partial charge on any atom is 0.256 e. The van der Waals surface area contributed by atoms with Gasteiger partial charge in [-0.2, -0.15) is 0 Å². The van der Waals surface area contributed by atoms with E-state index in [-0.39, 0.29) is 17.5 Å². The molecule has 3 heterocycles. The zero-order chi connectivity index (χ0) is 19.5. The summed E-state index contributed by atoms with van der Waals surface area (Å²) in [7, 11) is 0. The van der Waals surface area contributed by atoms with Crippen LogP contribution in [0, 0.1) is 6.92 Å². The van der Waals surface area contributed by atoms with Crippen LogP contribution in [0.15, 0.2) is 67.1 Å². The van der Waals surface area contributed by atoms with Gasteiger partial charge in [0.25, 0.3) is 5.91 Å². The second-order valence-corrected chi connectivity index (χ2v) is 6.29. The van der Waals surface area contributed by atoms with Crippen molar-refractivity contribution in [1.82, 2.24) is 14.4 Å². The number of pyridine rings is 2. The lowest BCUT2D eigenvalue weighted by atomic mass is 10.2. The molecule has 7 nitrogen and oxygen atoms in total. The lowest BCUT2D eigenvalue weighted by Crippen LogP contribution is -2.12. The zero-order valence-corrected chi connectivity index (χ0v) is 15.2. The zero-order valence-electron chi connectivity index (χ0n) is 15.2. The molecule has 0 bridgehead atoms. The quantitative estimate of drug-likeness (QED) is 0.557. The third-order valence-corrected chi connectivity index (χ3v) is 4.25. The maximum atomic E-state index is 12.3. The predicted molar refractivity (Wildman–Crippen MR) is 105 cm³/mol. The Balaban J connectivity index is 1.40. The number of carbonyl (C=O) groups excluding carboxylic acids is 1. The molecule has 4 rings (SSSR count). The Hall–Kier alpha value is -3.87. The minimum Gasteiger partial charge on any atom is -0.504 e. The number of amides is 1. The van der Waals surface area contributed by atoms with Gasteiger partial charge in [0, 0.05) is 24.2 Å². The first-order valence-electron chi connectivity index (χ1n) is 8.71. The van der Waals surface area contributed by atoms with Crippen LogP contribution in [0.5, 0.6) is 11.5 Å². The van der Waals surface area contributed by atoms with Crippen LogP contribution < -0.4 is 10.1 Å². The van der Waals surface area contributed by atoms with Crippen LogP contribution in [0.25, 0.3) is 5.65 Å². The molecule has 0 aliphatic carbocycles. The molecule has 0 saturated carbocycles. The van der Waals surface area contributed by atoms with E-state index in [1.54, 1.807) is 30.3 Å². The number of hydrogen-bond donors (Lipinski definition) is 2. The van der Waals surface area contributed by atoms with Gasteiger partial charge in [0.1, 0.15) is 18.0 Å². The molecule has 1 amide bonds. The Kier molecular flexibility index (Phi) is 4.63. The summed E-state index contributed by atoms with van der Waals surface area (Å²) in [5.41, 5.74) is 3.26. The number of aromatic hydroxyl groups is 1. The lowest BCUT2D eigenvalue weighted by Gasteiger charge is -2.07. The van der Waals surface area contributed by atoms with Crippen LogP contribution in [0.1, 0.15) is 21.6 Å². The highest BCUT2D eigenvalue weighted by Crippen LogP contribution is 2.20. The predicted octanol–water partition coefficient (Wildman–Crippen LogP) is 3.57. The monoisotopic (exact) mass is 374 g/mol. The molecule has 0 aliphatic rings. The summed E-state index contributed by atoms with van der Waals surface area (Å²) in [4.78, 5) is 20.8. The molecule has 0 aliphatic heterocycles. The Morgan fingerprint density at radius 3 is 2.75 bits per heavy atom. The number of carbonyl (C=O) groups is 1. The minimum absolute atomic E-state index is 0.0847. The van der Waals surface area contributed by atoms with Crippen molar-refractivity contribution in [3.63, 3.8) is 0 Å². The molecular formula is C21H18N4O3. The normalized spacial score (nSPS) is 10.8. The highest BCUT2D eigenvalue weighted by atomic mass is 16.5. The number of nitrogens with one attached hydrogen (secondary N) is 1. The number of benzene rings is 1. The summed E-state index contributed by atoms with van der Waals surface area (Å²) >= 11 is 0. The number of rotatable bonds is 5. The Morgan fingerprint density at radius 2 is 2.00 bits per heavy atom. The highest BCUT2D eigenvalue weighted by Gasteiger charge is 2.10. The van der Waals surface area contributed by atoms with Gasteiger partial charge in [0.05, 0.1) is 5.69 Å². The first kappa shape index (κ1) is 17.5. The molecule has 0 saturated heterocycles. The molecule has 1 aromatic carbocycles. The van der Waals surface area contributed by atoms with Crippen molar-refractivity contribution in [3.8, 4) is 11.5 Å². The van der Waals surface area contributed by atoms with Crippen LogP contribution >= 0.6 is 0 Å². The van der Waals surface area contributed by atoms with Gasteiger partial charge in [0.15, 0.2) is 11.6 Å². The molecule has 28 heavy (non-hydrogen) atoms. The van der Waals surface area contributed by atoms with Crippen molar-refractivity contribution < 1.29 is 14.6 Å². The van der Waals surface area contributed by atoms with Gasteiger partial charge < -0.3 is 19.6 Å². The third kappa shape index (κ3) is 3.64. The second-order valence-electron chi connectivity index (χ2n) is 6.29. The minimum atomic E-state index is -0.364. The molecule has 0 atom stereocenters. The van der Waals surface area contributed by atoms with Crippen molar-refractivity contribution in [2.75, 3.05) is 5.32 Å². The molecule has 2 N–H and O–H groups in total. The summed E-state index contributed by atoms with van der Waals surface area (Å²) in [6.07, 6.45) is 5.38. The summed E-state index contributed by atoms with van der Waals surface area (Å²) in [6, 6.07) is 13.8. The maximum absolute atomic E-state index is 12.3. The largest absolute Gasteiger partial charge is 0.504 e. The molecular weight excluding hydrogens is 356 g/mol. The van der Waals surface area contributed by atoms with Crippen molar-refractivity contribution in [3.05, 3.63) is 83.9 Å². The van der Waals surface area contributed by atoms with E-state index in [0.29, 0.717) is 17.9 Å². The van der Waals surface area contributed by atoms with Gasteiger partial charge in [-0.1, -0.05) is 6.07 Å². The number of hydrogen-bond acceptors (Lipinski definition) is 5. The number of ether oxygens (including phenoxy) is 1. The summed E-state index contributed by atoms with van der Waals surface area (Å²) in [6.45, 7) is 2.34. The smallest absolute Gasteiger partial charge is 0.256 e. The van der Waals surface area contributed by atoms with E-state index in [1.807, 2.05) is 35.9 Å². The van der Waals surface area contributed by atoms with Gasteiger partial charge >= 0.3 is 0 Å². The van der Waals surface area contributed by atoms with E-state index >= 15 is 0 Å². The Morgan fingerprint density at radius 1 is 1.18 bits per heavy atom. The summed E-state index contributed by atoms with van der Waals surface area (Å²) < 4.78 is 7.74. The SMILES string of the molecule is Cc1cccn2cc(COc3ccc(C(=O)Nc4ncccc4O)cc3)nc12. The van der Waals surface area contributed by atoms with Crippen LogP contribution in [0.2, 0.25) is 0 Å². The fraction of sp³-hybridized carbons (Fsp3) is 0.0952. The number of aromatic nitrogens is 3. The number of nitrogens with zero attached hydrogens (tertiary/aromatic N) is 3. The molecule has 4 aromatic rings. The van der Waals surface area contributed by atoms with Gasteiger partial charge in [-0.3, -0.25) is 4.79 Å². The second kappa shape index (κ2) is 7.40. The Labute approximate surface area is 161 Å². The van der Waals surface area contributed by atoms with Crippen molar-refractivity contribution in [2.45, 2.75) is 13.5 Å². The van der Waals surface area contributed by atoms with Gasteiger partial charge in [-0.15, -0.1) is 0 Å². The van der Waals surface area contributed by atoms with Crippen LogP contribution in [-0.2, 0) is 6.61 Å². The van der Waals surface area contributed by atoms with Crippen LogP contribution in [-0.4, -0.2) is 25.4 Å². The first-order chi connectivity index (χ1) is 13.6. The molecule has 0 fully saturated rings. The first-order valence-corrected chi connectivity index (χ1v) is 8.71. The fourth-order valence-corrected chi connectivity index (χ4v) is 2.81. The van der Waals surface area contributed by atoms with E-state index in [1.165, 1.54) is 12.3 Å². The van der Waals surface area contributed by atoms with E-state index in [0.717, 1.165) is 16.9 Å². The average molecular weight is 374 g/mol. The van der Waals surface area contributed by atoms with Crippen molar-refractivity contribution in [1.29, 1.82) is 0 Å². The molecule has 0 radical (unpaired) electrons. The molecule has 7 heteroatoms. The van der Waals surface area contributed by atoms with E-state index in [4.69, 9.17) is 4.74 Å². The van der Waals surface area contributed by atoms with E-state index in [2.05, 4.69) is 15.3 Å². The number of fused-ring (bicyclic) bond motifs is 1.